The van der Waals surface area contributed by atoms with Crippen molar-refractivity contribution >= 4 is 64.3 Å². The van der Waals surface area contributed by atoms with Gasteiger partial charge >= 0.3 is 6.03 Å². The Morgan fingerprint density at radius 3 is 2.00 bits per heavy atom. The predicted octanol–water partition coefficient (Wildman–Crippen LogP) is 7.02. The molecule has 0 aliphatic carbocycles. The molecule has 4 aromatic rings. The maximum Gasteiger partial charge on any atom is 0.340 e. The molecule has 5 rings (SSSR count). The fourth-order valence-electron chi connectivity index (χ4n) is 4.50. The van der Waals surface area contributed by atoms with Gasteiger partial charge in [-0.15, -0.1) is 11.6 Å². The number of halogens is 4. The average molecular weight is 663 g/mol. The molecule has 3 amide bonds. The molecule has 1 saturated heterocycles. The summed E-state index contributed by atoms with van der Waals surface area (Å²) in [5, 5.41) is 4.03. The van der Waals surface area contributed by atoms with Crippen LogP contribution in [0.3, 0.4) is 0 Å². The Hall–Kier alpha value is -3.96. The molecule has 222 valence electrons. The predicted molar refractivity (Wildman–Crippen MR) is 165 cm³/mol. The standard InChI is InChI=1S/C29H23Cl4N5O5/c1-41-22-10-15(11-23(42-2)26(22)43-3)21-13-20(14-4-6-16(30)7-5-14)34-28(35-21)36-29(40)37-38-25(24(33)27(38)39)18-9-8-17(31)12-19(18)32/h4-13,24-25H,1-3H3,(H2,34,35,36,37,40). The van der Waals surface area contributed by atoms with Crippen molar-refractivity contribution in [3.05, 3.63) is 81.3 Å². The second-order valence-electron chi connectivity index (χ2n) is 9.17. The van der Waals surface area contributed by atoms with E-state index in [9.17, 15) is 9.59 Å². The maximum atomic E-state index is 13.1. The van der Waals surface area contributed by atoms with E-state index in [1.165, 1.54) is 27.4 Å². The lowest BCUT2D eigenvalue weighted by molar-refractivity contribution is -0.149. The molecule has 0 radical (unpaired) electrons. The van der Waals surface area contributed by atoms with Crippen LogP contribution in [-0.4, -0.2) is 53.6 Å². The number of hydrogen-bond donors (Lipinski definition) is 2. The molecule has 2 heterocycles. The SMILES string of the molecule is COc1cc(-c2cc(-c3ccc(Cl)cc3)nc(NC(=O)NN3C(=O)C(Cl)C3c3ccc(Cl)cc3Cl)n2)cc(OC)c1OC. The van der Waals surface area contributed by atoms with E-state index in [1.54, 1.807) is 54.6 Å². The molecule has 3 aromatic carbocycles. The van der Waals surface area contributed by atoms with Crippen LogP contribution in [-0.2, 0) is 4.79 Å². The molecule has 0 spiro atoms. The Balaban J connectivity index is 1.48. The smallest absolute Gasteiger partial charge is 0.340 e. The van der Waals surface area contributed by atoms with Crippen molar-refractivity contribution in [2.75, 3.05) is 26.6 Å². The van der Waals surface area contributed by atoms with Gasteiger partial charge in [-0.25, -0.2) is 25.2 Å². The van der Waals surface area contributed by atoms with Crippen LogP contribution in [0.15, 0.2) is 60.7 Å². The van der Waals surface area contributed by atoms with Crippen molar-refractivity contribution < 1.29 is 23.8 Å². The Bertz CT molecular complexity index is 1680. The van der Waals surface area contributed by atoms with Crippen LogP contribution >= 0.6 is 46.4 Å². The van der Waals surface area contributed by atoms with Crippen LogP contribution in [0.5, 0.6) is 17.2 Å². The summed E-state index contributed by atoms with van der Waals surface area (Å²) in [5.41, 5.74) is 5.26. The Morgan fingerprint density at radius 2 is 1.42 bits per heavy atom. The molecule has 14 heteroatoms. The van der Waals surface area contributed by atoms with Gasteiger partial charge in [-0.1, -0.05) is 53.0 Å². The van der Waals surface area contributed by atoms with Crippen molar-refractivity contribution in [3.63, 3.8) is 0 Å². The van der Waals surface area contributed by atoms with Crippen molar-refractivity contribution in [1.82, 2.24) is 20.4 Å². The Kier molecular flexibility index (Phi) is 9.03. The number of nitrogens with one attached hydrogen (secondary N) is 2. The van der Waals surface area contributed by atoms with Gasteiger partial charge < -0.3 is 14.2 Å². The van der Waals surface area contributed by atoms with Gasteiger partial charge in [-0.2, -0.15) is 0 Å². The van der Waals surface area contributed by atoms with E-state index >= 15 is 0 Å². The Morgan fingerprint density at radius 1 is 0.814 bits per heavy atom. The van der Waals surface area contributed by atoms with Crippen LogP contribution in [0.2, 0.25) is 15.1 Å². The molecule has 1 aliphatic rings. The number of methoxy groups -OCH3 is 3. The number of carbonyl (C=O) groups is 2. The van der Waals surface area contributed by atoms with Gasteiger partial charge in [-0.3, -0.25) is 10.1 Å². The first-order valence-corrected chi connectivity index (χ1v) is 14.2. The van der Waals surface area contributed by atoms with Gasteiger partial charge in [0.05, 0.1) is 32.7 Å². The molecule has 0 bridgehead atoms. The first kappa shape index (κ1) is 30.5. The number of aromatic nitrogens is 2. The minimum absolute atomic E-state index is 0.0508. The number of ether oxygens (including phenoxy) is 3. The zero-order chi connectivity index (χ0) is 30.8. The van der Waals surface area contributed by atoms with Crippen molar-refractivity contribution in [1.29, 1.82) is 0 Å². The summed E-state index contributed by atoms with van der Waals surface area (Å²) in [7, 11) is 4.51. The monoisotopic (exact) mass is 661 g/mol. The average Bonchev–Trinajstić information content (AvgIpc) is 3.00. The van der Waals surface area contributed by atoms with Crippen molar-refractivity contribution in [2.45, 2.75) is 11.4 Å². The highest BCUT2D eigenvalue weighted by atomic mass is 35.5. The first-order chi connectivity index (χ1) is 20.6. The third-order valence-electron chi connectivity index (χ3n) is 6.58. The number of hydrogen-bond acceptors (Lipinski definition) is 7. The molecular weight excluding hydrogens is 640 g/mol. The summed E-state index contributed by atoms with van der Waals surface area (Å²) in [6, 6.07) is 15.5. The number of urea groups is 1. The quantitative estimate of drug-likeness (QED) is 0.154. The summed E-state index contributed by atoms with van der Waals surface area (Å²) < 4.78 is 16.4. The van der Waals surface area contributed by atoms with E-state index in [0.29, 0.717) is 60.4 Å². The molecule has 2 atom stereocenters. The van der Waals surface area contributed by atoms with E-state index < -0.39 is 23.4 Å². The third kappa shape index (κ3) is 6.23. The van der Waals surface area contributed by atoms with Gasteiger partial charge in [0.15, 0.2) is 11.5 Å². The first-order valence-electron chi connectivity index (χ1n) is 12.6. The number of carbonyl (C=O) groups excluding carboxylic acids is 2. The van der Waals surface area contributed by atoms with E-state index in [2.05, 4.69) is 20.7 Å². The fourth-order valence-corrected chi connectivity index (χ4v) is 5.50. The van der Waals surface area contributed by atoms with Crippen LogP contribution in [0.25, 0.3) is 22.5 Å². The summed E-state index contributed by atoms with van der Waals surface area (Å²) in [4.78, 5) is 34.8. The van der Waals surface area contributed by atoms with Gasteiger partial charge in [0, 0.05) is 26.2 Å². The van der Waals surface area contributed by atoms with Gasteiger partial charge in [0.1, 0.15) is 11.4 Å². The molecule has 1 aromatic heterocycles. The van der Waals surface area contributed by atoms with E-state index in [-0.39, 0.29) is 5.95 Å². The number of rotatable bonds is 8. The van der Waals surface area contributed by atoms with Crippen molar-refractivity contribution in [2.24, 2.45) is 0 Å². The largest absolute Gasteiger partial charge is 0.493 e. The number of hydrazine groups is 1. The van der Waals surface area contributed by atoms with Crippen molar-refractivity contribution in [3.8, 4) is 39.8 Å². The van der Waals surface area contributed by atoms with Gasteiger partial charge in [0.2, 0.25) is 11.7 Å². The van der Waals surface area contributed by atoms with E-state index in [1.807, 2.05) is 0 Å². The Labute approximate surface area is 266 Å². The van der Waals surface area contributed by atoms with Crippen LogP contribution in [0, 0.1) is 0 Å². The number of benzene rings is 3. The normalized spacial score (nSPS) is 15.9. The minimum atomic E-state index is -0.935. The maximum absolute atomic E-state index is 13.1. The van der Waals surface area contributed by atoms with Gasteiger partial charge in [0.25, 0.3) is 5.91 Å². The topological polar surface area (TPSA) is 115 Å². The molecule has 0 saturated carbocycles. The molecule has 2 unspecified atom stereocenters. The number of amides is 3. The van der Waals surface area contributed by atoms with Crippen LogP contribution < -0.4 is 25.0 Å². The summed E-state index contributed by atoms with van der Waals surface area (Å²) in [6.07, 6.45) is 0. The molecule has 1 fully saturated rings. The minimum Gasteiger partial charge on any atom is -0.493 e. The lowest BCUT2D eigenvalue weighted by Gasteiger charge is -2.44. The second kappa shape index (κ2) is 12.7. The van der Waals surface area contributed by atoms with E-state index in [0.717, 1.165) is 5.01 Å². The summed E-state index contributed by atoms with van der Waals surface area (Å²) in [5.74, 6) is 0.668. The highest BCUT2D eigenvalue weighted by molar-refractivity contribution is 6.36. The zero-order valence-corrected chi connectivity index (χ0v) is 25.8. The summed E-state index contributed by atoms with van der Waals surface area (Å²) in [6.45, 7) is 0. The third-order valence-corrected chi connectivity index (χ3v) is 7.82. The lowest BCUT2D eigenvalue weighted by atomic mass is 9.95. The number of alkyl halides is 1. The number of β-lactam (4-membered cyclic amide) rings is 1. The lowest BCUT2D eigenvalue weighted by Crippen LogP contribution is -2.63. The molecule has 43 heavy (non-hydrogen) atoms. The highest BCUT2D eigenvalue weighted by Gasteiger charge is 2.49. The zero-order valence-electron chi connectivity index (χ0n) is 22.8. The molecule has 10 nitrogen and oxygen atoms in total. The molecule has 2 N–H and O–H groups in total. The fraction of sp³-hybridized carbons (Fsp3) is 0.172. The highest BCUT2D eigenvalue weighted by Crippen LogP contribution is 2.42. The second-order valence-corrected chi connectivity index (χ2v) is 10.9. The van der Waals surface area contributed by atoms with Gasteiger partial charge in [-0.05, 0) is 48.0 Å². The molecule has 1 aliphatic heterocycles. The van der Waals surface area contributed by atoms with E-state index in [4.69, 9.17) is 60.6 Å². The number of anilines is 1. The number of nitrogens with zero attached hydrogens (tertiary/aromatic N) is 3. The molecular formula is C29H23Cl4N5O5. The van der Waals surface area contributed by atoms with Crippen LogP contribution in [0.4, 0.5) is 10.7 Å². The summed E-state index contributed by atoms with van der Waals surface area (Å²) >= 11 is 24.7. The van der Waals surface area contributed by atoms with Crippen LogP contribution in [0.1, 0.15) is 11.6 Å².